The molecule has 1 aromatic carbocycles. The summed E-state index contributed by atoms with van der Waals surface area (Å²) in [7, 11) is 1.71. The number of hydrogen-bond donors (Lipinski definition) is 1. The van der Waals surface area contributed by atoms with E-state index in [2.05, 4.69) is 23.2 Å². The van der Waals surface area contributed by atoms with Crippen LogP contribution < -0.4 is 19.7 Å². The lowest BCUT2D eigenvalue weighted by Gasteiger charge is -2.38. The third-order valence-electron chi connectivity index (χ3n) is 4.25. The largest absolute Gasteiger partial charge is 0.497 e. The van der Waals surface area contributed by atoms with Crippen molar-refractivity contribution in [3.63, 3.8) is 0 Å². The molecule has 0 amide bonds. The van der Waals surface area contributed by atoms with E-state index < -0.39 is 0 Å². The Bertz CT molecular complexity index is 464. The number of benzene rings is 1. The number of piperidine rings is 1. The molecule has 1 atom stereocenters. The summed E-state index contributed by atoms with van der Waals surface area (Å²) in [6.45, 7) is 6.52. The molecule has 21 heavy (non-hydrogen) atoms. The zero-order valence-electron chi connectivity index (χ0n) is 12.8. The Balaban J connectivity index is 0.00000161. The zero-order chi connectivity index (χ0) is 13.9. The first-order chi connectivity index (χ1) is 9.76. The molecule has 1 N–H and O–H groups in total. The Hall–Kier alpha value is -1.13. The van der Waals surface area contributed by atoms with Crippen molar-refractivity contribution in [1.29, 1.82) is 0 Å². The van der Waals surface area contributed by atoms with Crippen LogP contribution >= 0.6 is 12.4 Å². The van der Waals surface area contributed by atoms with Gasteiger partial charge in [-0.1, -0.05) is 0 Å². The molecule has 2 heterocycles. The van der Waals surface area contributed by atoms with Crippen LogP contribution in [-0.2, 0) is 0 Å². The molecule has 2 aliphatic heterocycles. The summed E-state index contributed by atoms with van der Waals surface area (Å²) in [5.41, 5.74) is 1.18. The minimum atomic E-state index is 0. The Morgan fingerprint density at radius 1 is 1.33 bits per heavy atom. The Kier molecular flexibility index (Phi) is 5.59. The quantitative estimate of drug-likeness (QED) is 0.930. The van der Waals surface area contributed by atoms with Gasteiger partial charge in [0.25, 0.3) is 0 Å². The smallest absolute Gasteiger partial charge is 0.143 e. The molecule has 0 bridgehead atoms. The fourth-order valence-electron chi connectivity index (χ4n) is 3.18. The maximum atomic E-state index is 5.94. The molecule has 118 valence electrons. The molecule has 0 spiro atoms. The third kappa shape index (κ3) is 3.74. The van der Waals surface area contributed by atoms with Crippen molar-refractivity contribution in [2.45, 2.75) is 25.9 Å². The van der Waals surface area contributed by atoms with Crippen LogP contribution in [0.25, 0.3) is 0 Å². The molecule has 3 rings (SSSR count). The fourth-order valence-corrected chi connectivity index (χ4v) is 3.18. The van der Waals surface area contributed by atoms with Gasteiger partial charge in [0.05, 0.1) is 19.3 Å². The second-order valence-corrected chi connectivity index (χ2v) is 5.86. The summed E-state index contributed by atoms with van der Waals surface area (Å²) in [4.78, 5) is 2.47. The van der Waals surface area contributed by atoms with Crippen molar-refractivity contribution in [2.75, 3.05) is 38.2 Å². The van der Waals surface area contributed by atoms with Gasteiger partial charge >= 0.3 is 0 Å². The lowest BCUT2D eigenvalue weighted by Crippen LogP contribution is -2.43. The maximum Gasteiger partial charge on any atom is 0.143 e. The van der Waals surface area contributed by atoms with Gasteiger partial charge < -0.3 is 19.7 Å². The number of hydrogen-bond acceptors (Lipinski definition) is 4. The lowest BCUT2D eigenvalue weighted by molar-refractivity contribution is 0.207. The number of nitrogens with zero attached hydrogens (tertiary/aromatic N) is 1. The van der Waals surface area contributed by atoms with Crippen LogP contribution in [0.15, 0.2) is 18.2 Å². The van der Waals surface area contributed by atoms with E-state index in [4.69, 9.17) is 9.47 Å². The number of methoxy groups -OCH3 is 1. The van der Waals surface area contributed by atoms with Crippen LogP contribution in [0.1, 0.15) is 19.8 Å². The molecular formula is C16H25ClN2O2. The predicted molar refractivity (Wildman–Crippen MR) is 88.1 cm³/mol. The van der Waals surface area contributed by atoms with Gasteiger partial charge in [-0.2, -0.15) is 0 Å². The SMILES string of the molecule is COc1ccc2c(c1)N(CC1CCNCC1)CC(C)O2.Cl. The Morgan fingerprint density at radius 3 is 2.81 bits per heavy atom. The van der Waals surface area contributed by atoms with E-state index in [0.717, 1.165) is 43.6 Å². The minimum absolute atomic E-state index is 0. The molecule has 0 saturated carbocycles. The number of halogens is 1. The number of rotatable bonds is 3. The van der Waals surface area contributed by atoms with Crippen molar-refractivity contribution in [1.82, 2.24) is 5.32 Å². The number of anilines is 1. The first-order valence-corrected chi connectivity index (χ1v) is 7.56. The van der Waals surface area contributed by atoms with E-state index in [0.29, 0.717) is 0 Å². The van der Waals surface area contributed by atoms with E-state index in [1.807, 2.05) is 12.1 Å². The highest BCUT2D eigenvalue weighted by Gasteiger charge is 2.26. The predicted octanol–water partition coefficient (Wildman–Crippen LogP) is 2.70. The standard InChI is InChI=1S/C16H24N2O2.ClH/c1-12-10-18(11-13-5-7-17-8-6-13)15-9-14(19-2)3-4-16(15)20-12;/h3-4,9,12-13,17H,5-8,10-11H2,1-2H3;1H. The summed E-state index contributed by atoms with van der Waals surface area (Å²) >= 11 is 0. The van der Waals surface area contributed by atoms with Crippen LogP contribution in [0.5, 0.6) is 11.5 Å². The molecule has 1 saturated heterocycles. The van der Waals surface area contributed by atoms with Gasteiger partial charge in [0.1, 0.15) is 17.6 Å². The average Bonchev–Trinajstić information content (AvgIpc) is 2.48. The van der Waals surface area contributed by atoms with E-state index >= 15 is 0 Å². The van der Waals surface area contributed by atoms with E-state index in [-0.39, 0.29) is 18.5 Å². The van der Waals surface area contributed by atoms with Gasteiger partial charge in [-0.05, 0) is 50.9 Å². The van der Waals surface area contributed by atoms with Crippen molar-refractivity contribution in [3.8, 4) is 11.5 Å². The third-order valence-corrected chi connectivity index (χ3v) is 4.25. The molecular weight excluding hydrogens is 288 g/mol. The van der Waals surface area contributed by atoms with Gasteiger partial charge in [0.2, 0.25) is 0 Å². The van der Waals surface area contributed by atoms with Gasteiger partial charge in [0.15, 0.2) is 0 Å². The number of nitrogens with one attached hydrogen (secondary N) is 1. The van der Waals surface area contributed by atoms with Gasteiger partial charge in [-0.25, -0.2) is 0 Å². The van der Waals surface area contributed by atoms with Crippen molar-refractivity contribution < 1.29 is 9.47 Å². The molecule has 4 nitrogen and oxygen atoms in total. The molecule has 0 radical (unpaired) electrons. The van der Waals surface area contributed by atoms with Gasteiger partial charge in [-0.15, -0.1) is 12.4 Å². The topological polar surface area (TPSA) is 33.7 Å². The number of ether oxygens (including phenoxy) is 2. The Labute approximate surface area is 133 Å². The summed E-state index contributed by atoms with van der Waals surface area (Å²) in [6.07, 6.45) is 2.79. The normalized spacial score (nSPS) is 22.0. The van der Waals surface area contributed by atoms with Crippen LogP contribution in [0.4, 0.5) is 5.69 Å². The average molecular weight is 313 g/mol. The number of fused-ring (bicyclic) bond motifs is 1. The maximum absolute atomic E-state index is 5.94. The van der Waals surface area contributed by atoms with Crippen LogP contribution in [0, 0.1) is 5.92 Å². The first kappa shape index (κ1) is 16.2. The fraction of sp³-hybridized carbons (Fsp3) is 0.625. The van der Waals surface area contributed by atoms with Crippen molar-refractivity contribution in [2.24, 2.45) is 5.92 Å². The summed E-state index contributed by atoms with van der Waals surface area (Å²) < 4.78 is 11.3. The Morgan fingerprint density at radius 2 is 2.10 bits per heavy atom. The van der Waals surface area contributed by atoms with Crippen molar-refractivity contribution >= 4 is 18.1 Å². The van der Waals surface area contributed by atoms with Gasteiger partial charge in [0, 0.05) is 12.6 Å². The minimum Gasteiger partial charge on any atom is -0.497 e. The summed E-state index contributed by atoms with van der Waals surface area (Å²) in [5.74, 6) is 2.66. The molecule has 1 unspecified atom stereocenters. The first-order valence-electron chi connectivity index (χ1n) is 7.56. The zero-order valence-corrected chi connectivity index (χ0v) is 13.6. The molecule has 0 aliphatic carbocycles. The molecule has 0 aromatic heterocycles. The van der Waals surface area contributed by atoms with Gasteiger partial charge in [-0.3, -0.25) is 0 Å². The molecule has 2 aliphatic rings. The van der Waals surface area contributed by atoms with Crippen LogP contribution in [0.2, 0.25) is 0 Å². The highest BCUT2D eigenvalue weighted by atomic mass is 35.5. The highest BCUT2D eigenvalue weighted by molar-refractivity contribution is 5.85. The second kappa shape index (κ2) is 7.23. The van der Waals surface area contributed by atoms with Crippen molar-refractivity contribution in [3.05, 3.63) is 18.2 Å². The molecule has 1 aromatic rings. The van der Waals surface area contributed by atoms with E-state index in [1.165, 1.54) is 18.5 Å². The summed E-state index contributed by atoms with van der Waals surface area (Å²) in [5, 5.41) is 3.43. The highest BCUT2D eigenvalue weighted by Crippen LogP contribution is 2.37. The van der Waals surface area contributed by atoms with Crippen LogP contribution in [0.3, 0.4) is 0 Å². The lowest BCUT2D eigenvalue weighted by atomic mass is 9.97. The van der Waals surface area contributed by atoms with E-state index in [1.54, 1.807) is 7.11 Å². The summed E-state index contributed by atoms with van der Waals surface area (Å²) in [6, 6.07) is 6.10. The van der Waals surface area contributed by atoms with E-state index in [9.17, 15) is 0 Å². The second-order valence-electron chi connectivity index (χ2n) is 5.86. The van der Waals surface area contributed by atoms with Crippen LogP contribution in [-0.4, -0.2) is 39.4 Å². The monoisotopic (exact) mass is 312 g/mol. The molecule has 5 heteroatoms. The molecule has 1 fully saturated rings.